The van der Waals surface area contributed by atoms with Gasteiger partial charge in [0.2, 0.25) is 0 Å². The van der Waals surface area contributed by atoms with E-state index < -0.39 is 0 Å². The molecule has 0 aromatic rings. The Kier molecular flexibility index (Phi) is 1.02. The van der Waals surface area contributed by atoms with Gasteiger partial charge in [-0.3, -0.25) is 0 Å². The third-order valence-corrected chi connectivity index (χ3v) is 2.08. The first-order chi connectivity index (χ1) is 3.97. The second-order valence-corrected chi connectivity index (χ2v) is 2.80. The lowest BCUT2D eigenvalue weighted by Gasteiger charge is -1.99. The van der Waals surface area contributed by atoms with Gasteiger partial charge >= 0.3 is 0 Å². The molecule has 1 heterocycles. The maximum Gasteiger partial charge on any atom is 0.0347 e. The van der Waals surface area contributed by atoms with Gasteiger partial charge < -0.3 is 0 Å². The van der Waals surface area contributed by atoms with Gasteiger partial charge in [-0.05, 0) is 24.7 Å². The number of nitrogens with one attached hydrogen (secondary N) is 1. The van der Waals surface area contributed by atoms with Gasteiger partial charge in [0.15, 0.2) is 0 Å². The molecule has 0 aromatic carbocycles. The fraction of sp³-hybridized carbons (Fsp3) is 1.00. The molecule has 0 aromatic heterocycles. The summed E-state index contributed by atoms with van der Waals surface area (Å²) in [5.41, 5.74) is 7.09. The smallest absolute Gasteiger partial charge is 0.0347 e. The van der Waals surface area contributed by atoms with Gasteiger partial charge in [-0.2, -0.15) is 5.43 Å². The van der Waals surface area contributed by atoms with E-state index in [0.29, 0.717) is 0 Å². The van der Waals surface area contributed by atoms with Crippen LogP contribution in [0.3, 0.4) is 0 Å². The molecule has 45 valence electrons. The molecule has 2 fully saturated rings. The minimum Gasteiger partial charge on any atom is -0.240 e. The van der Waals surface area contributed by atoms with Crippen molar-refractivity contribution in [3.05, 3.63) is 0 Å². The Bertz CT molecular complexity index is 82.5. The summed E-state index contributed by atoms with van der Waals surface area (Å²) in [4.78, 5) is 0. The van der Waals surface area contributed by atoms with Gasteiger partial charge in [0.25, 0.3) is 0 Å². The van der Waals surface area contributed by atoms with Gasteiger partial charge in [0, 0.05) is 13.1 Å². The summed E-state index contributed by atoms with van der Waals surface area (Å²) in [6.07, 6.45) is 2.92. The maximum atomic E-state index is 4.08. The molecule has 1 unspecified atom stereocenters. The second-order valence-electron chi connectivity index (χ2n) is 2.80. The van der Waals surface area contributed by atoms with Crippen LogP contribution in [-0.4, -0.2) is 13.1 Å². The number of rotatable bonds is 1. The maximum absolute atomic E-state index is 4.08. The van der Waals surface area contributed by atoms with E-state index in [1.807, 2.05) is 0 Å². The molecule has 1 saturated heterocycles. The van der Waals surface area contributed by atoms with Gasteiger partial charge in [-0.1, -0.05) is 0 Å². The van der Waals surface area contributed by atoms with Crippen molar-refractivity contribution in [1.29, 1.82) is 0 Å². The summed E-state index contributed by atoms with van der Waals surface area (Å²) in [5.74, 6) is 1.93. The average Bonchev–Trinajstić information content (AvgIpc) is 2.49. The van der Waals surface area contributed by atoms with Gasteiger partial charge in [-0.25, -0.2) is 5.43 Å². The lowest BCUT2D eigenvalue weighted by molar-refractivity contribution is 0.533. The molecule has 1 saturated carbocycles. The molecule has 1 aliphatic heterocycles. The standard InChI is InChI=1S/C6H11N2/c1-2-5(1)6-3-7-8-4-6/h5-7H,1-4H2. The molecule has 0 amide bonds. The van der Waals surface area contributed by atoms with Crippen LogP contribution in [0.25, 0.3) is 0 Å². The zero-order chi connectivity index (χ0) is 5.40. The number of hydrogen-bond acceptors (Lipinski definition) is 1. The lowest BCUT2D eigenvalue weighted by Crippen LogP contribution is -2.13. The average molecular weight is 111 g/mol. The van der Waals surface area contributed by atoms with Crippen LogP contribution in [0.5, 0.6) is 0 Å². The van der Waals surface area contributed by atoms with Crippen molar-refractivity contribution in [3.63, 3.8) is 0 Å². The van der Waals surface area contributed by atoms with Crippen molar-refractivity contribution in [2.45, 2.75) is 12.8 Å². The first-order valence-electron chi connectivity index (χ1n) is 3.36. The Morgan fingerprint density at radius 2 is 2.12 bits per heavy atom. The van der Waals surface area contributed by atoms with Gasteiger partial charge in [0.1, 0.15) is 0 Å². The van der Waals surface area contributed by atoms with E-state index in [1.165, 1.54) is 12.8 Å². The van der Waals surface area contributed by atoms with Crippen LogP contribution in [0.2, 0.25) is 0 Å². The van der Waals surface area contributed by atoms with Crippen LogP contribution in [0, 0.1) is 11.8 Å². The molecular formula is C6H11N2. The van der Waals surface area contributed by atoms with Crippen molar-refractivity contribution in [2.24, 2.45) is 11.8 Å². The molecule has 1 N–H and O–H groups in total. The van der Waals surface area contributed by atoms with Crippen LogP contribution < -0.4 is 10.9 Å². The Morgan fingerprint density at radius 3 is 2.62 bits per heavy atom. The van der Waals surface area contributed by atoms with Crippen LogP contribution >= 0.6 is 0 Å². The topological polar surface area (TPSA) is 26.1 Å². The van der Waals surface area contributed by atoms with E-state index in [2.05, 4.69) is 10.9 Å². The van der Waals surface area contributed by atoms with Crippen molar-refractivity contribution >= 4 is 0 Å². The quantitative estimate of drug-likeness (QED) is 0.511. The van der Waals surface area contributed by atoms with Gasteiger partial charge in [-0.15, -0.1) is 0 Å². The van der Waals surface area contributed by atoms with E-state index in [9.17, 15) is 0 Å². The van der Waals surface area contributed by atoms with E-state index in [0.717, 1.165) is 24.9 Å². The fourth-order valence-corrected chi connectivity index (χ4v) is 1.31. The van der Waals surface area contributed by atoms with Crippen molar-refractivity contribution in [3.8, 4) is 0 Å². The molecule has 1 radical (unpaired) electrons. The van der Waals surface area contributed by atoms with Crippen LogP contribution in [0.15, 0.2) is 0 Å². The predicted octanol–water partition coefficient (Wildman–Crippen LogP) is 0.135. The normalized spacial score (nSPS) is 31.5. The number of nitrogens with zero attached hydrogens (tertiary/aromatic N) is 1. The Hall–Kier alpha value is -0.0800. The fourth-order valence-electron chi connectivity index (χ4n) is 1.31. The predicted molar refractivity (Wildman–Crippen MR) is 31.2 cm³/mol. The molecule has 2 aliphatic rings. The molecule has 8 heavy (non-hydrogen) atoms. The highest BCUT2D eigenvalue weighted by Crippen LogP contribution is 2.37. The molecule has 1 aliphatic carbocycles. The van der Waals surface area contributed by atoms with Crippen LogP contribution in [-0.2, 0) is 0 Å². The Balaban J connectivity index is 1.86. The minimum atomic E-state index is 0.898. The first-order valence-corrected chi connectivity index (χ1v) is 3.36. The highest BCUT2D eigenvalue weighted by Gasteiger charge is 2.33. The highest BCUT2D eigenvalue weighted by molar-refractivity contribution is 4.85. The SMILES string of the molecule is C1CC1C1C[N]NC1. The molecular weight excluding hydrogens is 100 g/mol. The number of hydrogen-bond donors (Lipinski definition) is 1. The Morgan fingerprint density at radius 1 is 1.25 bits per heavy atom. The molecule has 2 rings (SSSR count). The summed E-state index contributed by atoms with van der Waals surface area (Å²) in [6.45, 7) is 2.22. The van der Waals surface area contributed by atoms with E-state index >= 15 is 0 Å². The van der Waals surface area contributed by atoms with Crippen molar-refractivity contribution < 1.29 is 0 Å². The summed E-state index contributed by atoms with van der Waals surface area (Å²) < 4.78 is 0. The van der Waals surface area contributed by atoms with E-state index in [4.69, 9.17) is 0 Å². The van der Waals surface area contributed by atoms with E-state index in [-0.39, 0.29) is 0 Å². The van der Waals surface area contributed by atoms with Crippen molar-refractivity contribution in [2.75, 3.05) is 13.1 Å². The van der Waals surface area contributed by atoms with Crippen LogP contribution in [0.1, 0.15) is 12.8 Å². The molecule has 2 nitrogen and oxygen atoms in total. The van der Waals surface area contributed by atoms with E-state index in [1.54, 1.807) is 0 Å². The lowest BCUT2D eigenvalue weighted by atomic mass is 10.1. The highest BCUT2D eigenvalue weighted by atomic mass is 15.4. The van der Waals surface area contributed by atoms with Crippen molar-refractivity contribution in [1.82, 2.24) is 10.9 Å². The first kappa shape index (κ1) is 4.77. The Labute approximate surface area is 49.6 Å². The third-order valence-electron chi connectivity index (χ3n) is 2.08. The second kappa shape index (κ2) is 1.71. The third kappa shape index (κ3) is 0.740. The summed E-state index contributed by atoms with van der Waals surface area (Å²) in [7, 11) is 0. The minimum absolute atomic E-state index is 0.898. The largest absolute Gasteiger partial charge is 0.240 e. The van der Waals surface area contributed by atoms with Gasteiger partial charge in [0.05, 0.1) is 0 Å². The summed E-state index contributed by atoms with van der Waals surface area (Å²) in [6, 6.07) is 0. The van der Waals surface area contributed by atoms with Crippen LogP contribution in [0.4, 0.5) is 0 Å². The molecule has 0 spiro atoms. The zero-order valence-electron chi connectivity index (χ0n) is 4.93. The molecule has 0 bridgehead atoms. The summed E-state index contributed by atoms with van der Waals surface area (Å²) in [5, 5.41) is 0. The zero-order valence-corrected chi connectivity index (χ0v) is 4.93. The molecule has 2 heteroatoms. The molecule has 1 atom stereocenters. The monoisotopic (exact) mass is 111 g/mol. The summed E-state index contributed by atoms with van der Waals surface area (Å²) >= 11 is 0.